The molecule has 1 aliphatic carbocycles. The molecule has 1 aromatic rings. The molecule has 4 atom stereocenters. The Morgan fingerprint density at radius 3 is 2.63 bits per heavy atom. The van der Waals surface area contributed by atoms with E-state index in [4.69, 9.17) is 26.8 Å². The maximum atomic E-state index is 6.64. The fourth-order valence-electron chi connectivity index (χ4n) is 5.97. The van der Waals surface area contributed by atoms with Gasteiger partial charge in [0.05, 0.1) is 30.0 Å². The number of ether oxygens (including phenoxy) is 2. The van der Waals surface area contributed by atoms with Crippen molar-refractivity contribution < 1.29 is 9.47 Å². The molecule has 2 fully saturated rings. The number of allylic oxidation sites excluding steroid dienone is 2. The van der Waals surface area contributed by atoms with E-state index in [0.717, 1.165) is 69.5 Å². The maximum absolute atomic E-state index is 6.64. The lowest BCUT2D eigenvalue weighted by atomic mass is 9.88. The first kappa shape index (κ1) is 26.4. The SMILES string of the molecule is COCCN[C@H]1CC[C@H](N2C(c3cc(N)ncc3Cl)=CC=CC2NCC2C[C@@H](C)O[C@@H](C)C2)CC1. The molecular weight excluding hydrogens is 462 g/mol. The maximum Gasteiger partial charge on any atom is 0.124 e. The van der Waals surface area contributed by atoms with Gasteiger partial charge in [-0.15, -0.1) is 0 Å². The van der Waals surface area contributed by atoms with E-state index < -0.39 is 0 Å². The Kier molecular flexibility index (Phi) is 9.47. The number of nitrogens with one attached hydrogen (secondary N) is 2. The summed E-state index contributed by atoms with van der Waals surface area (Å²) in [6, 6.07) is 2.87. The van der Waals surface area contributed by atoms with Crippen LogP contribution in [0.2, 0.25) is 5.02 Å². The minimum atomic E-state index is 0.108. The molecule has 4 rings (SSSR count). The van der Waals surface area contributed by atoms with Gasteiger partial charge in [0.2, 0.25) is 0 Å². The van der Waals surface area contributed by atoms with Gasteiger partial charge in [0.25, 0.3) is 0 Å². The van der Waals surface area contributed by atoms with Gasteiger partial charge in [0, 0.05) is 49.7 Å². The van der Waals surface area contributed by atoms with E-state index >= 15 is 0 Å². The number of nitrogens with two attached hydrogens (primary N) is 1. The third kappa shape index (κ3) is 6.98. The Balaban J connectivity index is 1.50. The fourth-order valence-corrected chi connectivity index (χ4v) is 6.17. The van der Waals surface area contributed by atoms with Crippen molar-refractivity contribution in [3.63, 3.8) is 0 Å². The molecule has 194 valence electrons. The normalized spacial score (nSPS) is 31.4. The van der Waals surface area contributed by atoms with Crippen LogP contribution in [0.15, 0.2) is 30.5 Å². The van der Waals surface area contributed by atoms with Gasteiger partial charge in [-0.05, 0) is 76.5 Å². The van der Waals surface area contributed by atoms with E-state index in [9.17, 15) is 0 Å². The summed E-state index contributed by atoms with van der Waals surface area (Å²) in [6.45, 7) is 7.00. The van der Waals surface area contributed by atoms with Crippen LogP contribution in [-0.2, 0) is 9.47 Å². The van der Waals surface area contributed by atoms with E-state index in [1.54, 1.807) is 13.3 Å². The minimum absolute atomic E-state index is 0.108. The van der Waals surface area contributed by atoms with E-state index in [2.05, 4.69) is 52.6 Å². The molecule has 1 saturated carbocycles. The summed E-state index contributed by atoms with van der Waals surface area (Å²) in [4.78, 5) is 6.72. The molecule has 2 aliphatic heterocycles. The van der Waals surface area contributed by atoms with Crippen molar-refractivity contribution in [1.29, 1.82) is 0 Å². The number of methoxy groups -OCH3 is 1. The van der Waals surface area contributed by atoms with Crippen LogP contribution >= 0.6 is 11.6 Å². The second-order valence-electron chi connectivity index (χ2n) is 10.3. The van der Waals surface area contributed by atoms with Crippen LogP contribution in [-0.4, -0.2) is 67.1 Å². The van der Waals surface area contributed by atoms with Crippen molar-refractivity contribution in [2.24, 2.45) is 5.92 Å². The Morgan fingerprint density at radius 2 is 1.91 bits per heavy atom. The first-order valence-electron chi connectivity index (χ1n) is 13.1. The summed E-state index contributed by atoms with van der Waals surface area (Å²) in [5.74, 6) is 1.10. The summed E-state index contributed by atoms with van der Waals surface area (Å²) in [5, 5.41) is 8.17. The van der Waals surface area contributed by atoms with Crippen LogP contribution in [0.5, 0.6) is 0 Å². The van der Waals surface area contributed by atoms with Gasteiger partial charge >= 0.3 is 0 Å². The lowest BCUT2D eigenvalue weighted by Gasteiger charge is -2.45. The third-order valence-electron chi connectivity index (χ3n) is 7.52. The first-order chi connectivity index (χ1) is 16.9. The quantitative estimate of drug-likeness (QED) is 0.435. The average Bonchev–Trinajstić information content (AvgIpc) is 2.84. The third-order valence-corrected chi connectivity index (χ3v) is 7.82. The molecule has 0 radical (unpaired) electrons. The highest BCUT2D eigenvalue weighted by Gasteiger charge is 2.34. The highest BCUT2D eigenvalue weighted by atomic mass is 35.5. The minimum Gasteiger partial charge on any atom is -0.384 e. The van der Waals surface area contributed by atoms with E-state index in [0.29, 0.717) is 41.1 Å². The highest BCUT2D eigenvalue weighted by Crippen LogP contribution is 2.36. The van der Waals surface area contributed by atoms with Crippen LogP contribution in [0.25, 0.3) is 5.70 Å². The van der Waals surface area contributed by atoms with Gasteiger partial charge in [-0.3, -0.25) is 5.32 Å². The Hall–Kier alpha value is -1.64. The number of aromatic nitrogens is 1. The van der Waals surface area contributed by atoms with Crippen molar-refractivity contribution in [1.82, 2.24) is 20.5 Å². The average molecular weight is 504 g/mol. The predicted molar refractivity (Wildman–Crippen MR) is 143 cm³/mol. The van der Waals surface area contributed by atoms with Gasteiger partial charge in [0.15, 0.2) is 0 Å². The molecule has 8 heteroatoms. The lowest BCUT2D eigenvalue weighted by molar-refractivity contribution is -0.0524. The number of hydrogen-bond donors (Lipinski definition) is 3. The summed E-state index contributed by atoms with van der Waals surface area (Å²) < 4.78 is 11.2. The predicted octanol–water partition coefficient (Wildman–Crippen LogP) is 4.20. The zero-order chi connectivity index (χ0) is 24.8. The molecular formula is C27H42ClN5O2. The van der Waals surface area contributed by atoms with Crippen molar-refractivity contribution in [3.8, 4) is 0 Å². The first-order valence-corrected chi connectivity index (χ1v) is 13.5. The Labute approximate surface area is 215 Å². The molecule has 0 spiro atoms. The fraction of sp³-hybridized carbons (Fsp3) is 0.667. The van der Waals surface area contributed by atoms with Crippen molar-refractivity contribution >= 4 is 23.1 Å². The van der Waals surface area contributed by atoms with Crippen molar-refractivity contribution in [2.75, 3.05) is 32.5 Å². The van der Waals surface area contributed by atoms with E-state index in [1.807, 2.05) is 6.07 Å². The summed E-state index contributed by atoms with van der Waals surface area (Å²) in [5.41, 5.74) is 8.14. The molecule has 4 N–H and O–H groups in total. The number of hydrogen-bond acceptors (Lipinski definition) is 7. The van der Waals surface area contributed by atoms with Crippen molar-refractivity contribution in [3.05, 3.63) is 41.1 Å². The standard InChI is InChI=1S/C27H42ClN5O2/c1-18-13-20(14-19(2)35-18)16-32-27-6-4-5-25(23-15-26(29)31-17-24(23)28)33(27)22-9-7-21(8-10-22)30-11-12-34-3/h4-6,15,17-22,27,30,32H,7-14,16H2,1-3H3,(H2,29,31)/t18-,19+,20?,21-,22-,27?. The van der Waals surface area contributed by atoms with Crippen LogP contribution in [0.3, 0.4) is 0 Å². The van der Waals surface area contributed by atoms with Gasteiger partial charge in [0.1, 0.15) is 5.82 Å². The van der Waals surface area contributed by atoms with Crippen molar-refractivity contribution in [2.45, 2.75) is 82.8 Å². The van der Waals surface area contributed by atoms with Gasteiger partial charge in [-0.2, -0.15) is 0 Å². The van der Waals surface area contributed by atoms with Crippen LogP contribution in [0.4, 0.5) is 5.82 Å². The molecule has 1 saturated heterocycles. The highest BCUT2D eigenvalue weighted by molar-refractivity contribution is 6.32. The second-order valence-corrected chi connectivity index (χ2v) is 10.7. The van der Waals surface area contributed by atoms with Crippen LogP contribution < -0.4 is 16.4 Å². The van der Waals surface area contributed by atoms with Crippen LogP contribution in [0, 0.1) is 5.92 Å². The lowest BCUT2D eigenvalue weighted by Crippen LogP contribution is -2.53. The van der Waals surface area contributed by atoms with Gasteiger partial charge in [-0.1, -0.05) is 17.7 Å². The molecule has 0 bridgehead atoms. The molecule has 0 amide bonds. The second kappa shape index (κ2) is 12.5. The topological polar surface area (TPSA) is 84.7 Å². The summed E-state index contributed by atoms with van der Waals surface area (Å²) in [7, 11) is 1.75. The molecule has 3 heterocycles. The number of nitrogen functional groups attached to an aromatic ring is 1. The number of halogens is 1. The smallest absolute Gasteiger partial charge is 0.124 e. The molecule has 7 nitrogen and oxygen atoms in total. The number of nitrogens with zero attached hydrogens (tertiary/aromatic N) is 2. The molecule has 1 aromatic heterocycles. The van der Waals surface area contributed by atoms with Crippen LogP contribution in [0.1, 0.15) is 57.9 Å². The van der Waals surface area contributed by atoms with Gasteiger partial charge < -0.3 is 25.4 Å². The summed E-state index contributed by atoms with van der Waals surface area (Å²) >= 11 is 6.64. The zero-order valence-electron chi connectivity index (χ0n) is 21.4. The van der Waals surface area contributed by atoms with Gasteiger partial charge in [-0.25, -0.2) is 4.98 Å². The molecule has 2 unspecified atom stereocenters. The summed E-state index contributed by atoms with van der Waals surface area (Å²) in [6.07, 6.45) is 15.7. The molecule has 3 aliphatic rings. The largest absolute Gasteiger partial charge is 0.384 e. The number of pyridine rings is 1. The Bertz CT molecular complexity index is 876. The zero-order valence-corrected chi connectivity index (χ0v) is 22.1. The molecule has 0 aromatic carbocycles. The van der Waals surface area contributed by atoms with E-state index in [-0.39, 0.29) is 6.17 Å². The Morgan fingerprint density at radius 1 is 1.17 bits per heavy atom. The van der Waals surface area contributed by atoms with E-state index in [1.165, 1.54) is 0 Å². The molecule has 35 heavy (non-hydrogen) atoms. The number of anilines is 1. The monoisotopic (exact) mass is 503 g/mol. The number of rotatable bonds is 9.